The monoisotopic (exact) mass is 547 g/mol. The molecule has 0 fully saturated rings. The number of carboxylic acids is 1. The van der Waals surface area contributed by atoms with E-state index in [1.54, 1.807) is 18.2 Å². The lowest BCUT2D eigenvalue weighted by Crippen LogP contribution is -2.62. The quantitative estimate of drug-likeness (QED) is 0.324. The number of benzene rings is 2. The number of hydrogen-bond donors (Lipinski definition) is 4. The van der Waals surface area contributed by atoms with Gasteiger partial charge in [0, 0.05) is 22.5 Å². The fraction of sp³-hybridized carbons (Fsp3) is 0.370. The van der Waals surface area contributed by atoms with Gasteiger partial charge in [-0.3, -0.25) is 9.59 Å². The molecule has 2 aromatic carbocycles. The highest BCUT2D eigenvalue weighted by Gasteiger charge is 2.45. The van der Waals surface area contributed by atoms with Crippen molar-refractivity contribution in [1.82, 2.24) is 15.6 Å². The van der Waals surface area contributed by atoms with Crippen molar-refractivity contribution in [3.63, 3.8) is 0 Å². The average molecular weight is 548 g/mol. The smallest absolute Gasteiger partial charge is 0.329 e. The van der Waals surface area contributed by atoms with Crippen LogP contribution in [-0.4, -0.2) is 39.5 Å². The minimum atomic E-state index is -1.58. The van der Waals surface area contributed by atoms with Crippen LogP contribution in [0.5, 0.6) is 0 Å². The van der Waals surface area contributed by atoms with Gasteiger partial charge in [-0.15, -0.1) is 0 Å². The van der Waals surface area contributed by atoms with Crippen molar-refractivity contribution in [2.24, 2.45) is 5.92 Å². The molecule has 2 unspecified atom stereocenters. The van der Waals surface area contributed by atoms with Crippen molar-refractivity contribution in [3.8, 4) is 0 Å². The summed E-state index contributed by atoms with van der Waals surface area (Å²) in [6.07, 6.45) is 1.03. The van der Waals surface area contributed by atoms with Crippen LogP contribution in [-0.2, 0) is 33.6 Å². The van der Waals surface area contributed by atoms with Gasteiger partial charge in [0.1, 0.15) is 17.4 Å². The van der Waals surface area contributed by atoms with E-state index in [0.717, 1.165) is 11.3 Å². The van der Waals surface area contributed by atoms with Gasteiger partial charge in [0.25, 0.3) is 0 Å². The topological polar surface area (TPSA) is 111 Å². The molecule has 0 saturated carbocycles. The fourth-order valence-corrected chi connectivity index (χ4v) is 5.43. The number of aromatic nitrogens is 1. The van der Waals surface area contributed by atoms with E-state index in [9.17, 15) is 23.9 Å². The maximum Gasteiger partial charge on any atom is 0.329 e. The van der Waals surface area contributed by atoms with E-state index in [1.165, 1.54) is 18.2 Å². The zero-order chi connectivity index (χ0) is 26.9. The lowest BCUT2D eigenvalue weighted by atomic mass is 9.79. The number of H-pyrrole nitrogens is 1. The highest BCUT2D eigenvalue weighted by molar-refractivity contribution is 6.38. The van der Waals surface area contributed by atoms with E-state index in [1.807, 2.05) is 13.8 Å². The Morgan fingerprint density at radius 2 is 1.97 bits per heavy atom. The van der Waals surface area contributed by atoms with Gasteiger partial charge in [0.15, 0.2) is 0 Å². The molecule has 37 heavy (non-hydrogen) atoms. The van der Waals surface area contributed by atoms with Crippen LogP contribution in [0.25, 0.3) is 10.9 Å². The summed E-state index contributed by atoms with van der Waals surface area (Å²) in [4.78, 5) is 42.1. The normalized spacial score (nSPS) is 18.6. The second-order valence-electron chi connectivity index (χ2n) is 9.68. The van der Waals surface area contributed by atoms with Crippen LogP contribution in [0.15, 0.2) is 36.4 Å². The number of rotatable bonds is 8. The zero-order valence-corrected chi connectivity index (χ0v) is 22.0. The van der Waals surface area contributed by atoms with Gasteiger partial charge in [0.2, 0.25) is 11.8 Å². The number of aromatic amines is 1. The van der Waals surface area contributed by atoms with Crippen LogP contribution < -0.4 is 10.6 Å². The number of amides is 2. The molecule has 0 bridgehead atoms. The molecule has 3 aromatic rings. The molecule has 0 spiro atoms. The number of aliphatic carboxylic acids is 1. The molecule has 7 nitrogen and oxygen atoms in total. The van der Waals surface area contributed by atoms with Crippen LogP contribution in [0.3, 0.4) is 0 Å². The standard InChI is InChI=1S/C27H28Cl2FN3O4/c1-3-14(2)23(32-22(34)10-15-5-4-6-17(30)9-15)25(35)33-27(26(36)37)8-7-21-19(13-27)18-11-16(28)12-20(29)24(18)31-21/h4-6,9,11-12,14,23,31H,3,7-8,10,13H2,1-2H3,(H,32,34)(H,33,35)(H,36,37)/t14?,23?,27-/m1/s1. The predicted octanol–water partition coefficient (Wildman–Crippen LogP) is 4.82. The van der Waals surface area contributed by atoms with Crippen molar-refractivity contribution in [1.29, 1.82) is 0 Å². The molecule has 0 saturated heterocycles. The molecule has 10 heteroatoms. The lowest BCUT2D eigenvalue weighted by molar-refractivity contribution is -0.149. The van der Waals surface area contributed by atoms with E-state index in [0.29, 0.717) is 39.4 Å². The van der Waals surface area contributed by atoms with Crippen LogP contribution >= 0.6 is 23.2 Å². The molecule has 196 valence electrons. The first-order valence-corrected chi connectivity index (χ1v) is 12.9. The zero-order valence-electron chi connectivity index (χ0n) is 20.5. The Bertz CT molecular complexity index is 1380. The first-order chi connectivity index (χ1) is 17.5. The van der Waals surface area contributed by atoms with Crippen molar-refractivity contribution in [2.45, 2.75) is 57.5 Å². The third-order valence-corrected chi connectivity index (χ3v) is 7.65. The van der Waals surface area contributed by atoms with E-state index in [-0.39, 0.29) is 25.2 Å². The Balaban J connectivity index is 1.58. The molecule has 4 rings (SSSR count). The van der Waals surface area contributed by atoms with Crippen molar-refractivity contribution in [3.05, 3.63) is 69.1 Å². The Kier molecular flexibility index (Phi) is 7.80. The molecule has 0 aliphatic heterocycles. The largest absolute Gasteiger partial charge is 0.479 e. The Hall–Kier alpha value is -3.10. The number of carboxylic acid groups (broad SMARTS) is 1. The highest BCUT2D eigenvalue weighted by Crippen LogP contribution is 2.38. The molecule has 2 amide bonds. The van der Waals surface area contributed by atoms with Crippen molar-refractivity contribution in [2.75, 3.05) is 0 Å². The molecule has 4 N–H and O–H groups in total. The molecule has 1 aromatic heterocycles. The number of carbonyl (C=O) groups excluding carboxylic acids is 2. The van der Waals surface area contributed by atoms with Gasteiger partial charge in [-0.2, -0.15) is 0 Å². The van der Waals surface area contributed by atoms with Crippen LogP contribution in [0.2, 0.25) is 10.0 Å². The van der Waals surface area contributed by atoms with Crippen LogP contribution in [0, 0.1) is 11.7 Å². The second-order valence-corrected chi connectivity index (χ2v) is 10.5. The maximum atomic E-state index is 13.5. The highest BCUT2D eigenvalue weighted by atomic mass is 35.5. The summed E-state index contributed by atoms with van der Waals surface area (Å²) in [7, 11) is 0. The number of fused-ring (bicyclic) bond motifs is 3. The summed E-state index contributed by atoms with van der Waals surface area (Å²) >= 11 is 12.5. The lowest BCUT2D eigenvalue weighted by Gasteiger charge is -2.36. The molecule has 1 aliphatic carbocycles. The molecule has 3 atom stereocenters. The van der Waals surface area contributed by atoms with Crippen molar-refractivity contribution >= 4 is 51.9 Å². The van der Waals surface area contributed by atoms with E-state index in [2.05, 4.69) is 15.6 Å². The number of nitrogens with one attached hydrogen (secondary N) is 3. The minimum Gasteiger partial charge on any atom is -0.479 e. The summed E-state index contributed by atoms with van der Waals surface area (Å²) in [5.41, 5.74) is 1.16. The van der Waals surface area contributed by atoms with Crippen LogP contribution in [0.1, 0.15) is 43.5 Å². The molecule has 1 heterocycles. The third kappa shape index (κ3) is 5.60. The van der Waals surface area contributed by atoms with Gasteiger partial charge in [0.05, 0.1) is 17.0 Å². The number of hydrogen-bond acceptors (Lipinski definition) is 3. The first kappa shape index (κ1) is 26.9. The van der Waals surface area contributed by atoms with Gasteiger partial charge in [-0.05, 0) is 54.2 Å². The van der Waals surface area contributed by atoms with Crippen molar-refractivity contribution < 1.29 is 23.9 Å². The average Bonchev–Trinajstić information content (AvgIpc) is 3.20. The predicted molar refractivity (Wildman–Crippen MR) is 140 cm³/mol. The fourth-order valence-electron chi connectivity index (χ4n) is 4.89. The number of halogens is 3. The Morgan fingerprint density at radius 1 is 1.22 bits per heavy atom. The SMILES string of the molecule is CCC(C)C(NC(=O)Cc1cccc(F)c1)C(=O)N[C@]1(C(=O)O)CCc2[nH]c3c(Cl)cc(Cl)cc3c2C1. The van der Waals surface area contributed by atoms with E-state index < -0.39 is 35.2 Å². The summed E-state index contributed by atoms with van der Waals surface area (Å²) in [5.74, 6) is -2.93. The molecular formula is C27H28Cl2FN3O4. The maximum absolute atomic E-state index is 13.5. The summed E-state index contributed by atoms with van der Waals surface area (Å²) in [6.45, 7) is 3.69. The second kappa shape index (κ2) is 10.7. The van der Waals surface area contributed by atoms with Crippen LogP contribution in [0.4, 0.5) is 4.39 Å². The Labute approximate surface area is 223 Å². The third-order valence-electron chi connectivity index (χ3n) is 7.14. The Morgan fingerprint density at radius 3 is 2.65 bits per heavy atom. The molecule has 1 aliphatic rings. The summed E-state index contributed by atoms with van der Waals surface area (Å²) < 4.78 is 13.5. The first-order valence-electron chi connectivity index (χ1n) is 12.1. The van der Waals surface area contributed by atoms with Gasteiger partial charge in [-0.1, -0.05) is 55.6 Å². The van der Waals surface area contributed by atoms with Gasteiger partial charge >= 0.3 is 5.97 Å². The minimum absolute atomic E-state index is 0.0323. The summed E-state index contributed by atoms with van der Waals surface area (Å²) in [6, 6.07) is 8.06. The molecular weight excluding hydrogens is 520 g/mol. The van der Waals surface area contributed by atoms with Gasteiger partial charge in [-0.25, -0.2) is 9.18 Å². The number of carbonyl (C=O) groups is 3. The van der Waals surface area contributed by atoms with E-state index in [4.69, 9.17) is 23.2 Å². The molecule has 0 radical (unpaired) electrons. The summed E-state index contributed by atoms with van der Waals surface area (Å²) in [5, 5.41) is 17.3. The van der Waals surface area contributed by atoms with Gasteiger partial charge < -0.3 is 20.7 Å². The van der Waals surface area contributed by atoms with E-state index >= 15 is 0 Å². The number of aryl methyl sites for hydroxylation is 1.